The molecular formula is C15H25N3O2. The highest BCUT2D eigenvalue weighted by Crippen LogP contribution is 2.40. The topological polar surface area (TPSA) is 74.2 Å². The van der Waals surface area contributed by atoms with Gasteiger partial charge in [-0.15, -0.1) is 0 Å². The first-order chi connectivity index (χ1) is 9.72. The Morgan fingerprint density at radius 1 is 1.30 bits per heavy atom. The molecule has 5 nitrogen and oxygen atoms in total. The van der Waals surface area contributed by atoms with Gasteiger partial charge in [-0.05, 0) is 43.9 Å². The Morgan fingerprint density at radius 3 is 2.75 bits per heavy atom. The van der Waals surface area contributed by atoms with Crippen molar-refractivity contribution in [1.82, 2.24) is 10.1 Å². The van der Waals surface area contributed by atoms with Crippen LogP contribution in [0.4, 0.5) is 0 Å². The minimum absolute atomic E-state index is 0.0794. The van der Waals surface area contributed by atoms with Gasteiger partial charge in [0.25, 0.3) is 0 Å². The van der Waals surface area contributed by atoms with Gasteiger partial charge in [-0.3, -0.25) is 0 Å². The first-order valence-corrected chi connectivity index (χ1v) is 7.83. The van der Waals surface area contributed by atoms with Crippen LogP contribution in [0.2, 0.25) is 0 Å². The summed E-state index contributed by atoms with van der Waals surface area (Å²) in [6, 6.07) is 0. The molecule has 1 saturated carbocycles. The molecule has 0 bridgehead atoms. The molecule has 2 aliphatic rings. The van der Waals surface area contributed by atoms with E-state index in [1.165, 1.54) is 12.8 Å². The van der Waals surface area contributed by atoms with Crippen molar-refractivity contribution >= 4 is 0 Å². The van der Waals surface area contributed by atoms with E-state index in [4.69, 9.17) is 15.0 Å². The first-order valence-electron chi connectivity index (χ1n) is 7.83. The van der Waals surface area contributed by atoms with Crippen LogP contribution >= 0.6 is 0 Å². The average Bonchev–Trinajstić information content (AvgIpc) is 3.13. The normalized spacial score (nSPS) is 34.5. The average molecular weight is 279 g/mol. The molecule has 0 spiro atoms. The third-order valence-electron chi connectivity index (χ3n) is 5.04. The standard InChI is InChI=1S/C15H25N3O2/c1-11-2-5-15(10-16,6-3-11)14-17-13(18-20-14)8-12-4-7-19-9-12/h11-12H,2-10,16H2,1H3. The van der Waals surface area contributed by atoms with Crippen molar-refractivity contribution in [3.05, 3.63) is 11.7 Å². The van der Waals surface area contributed by atoms with E-state index in [2.05, 4.69) is 17.1 Å². The van der Waals surface area contributed by atoms with E-state index in [1.54, 1.807) is 0 Å². The molecule has 3 rings (SSSR count). The maximum absolute atomic E-state index is 6.04. The third kappa shape index (κ3) is 2.74. The number of hydrogen-bond donors (Lipinski definition) is 1. The largest absolute Gasteiger partial charge is 0.381 e. The monoisotopic (exact) mass is 279 g/mol. The van der Waals surface area contributed by atoms with Crippen LogP contribution < -0.4 is 5.73 Å². The fourth-order valence-corrected chi connectivity index (χ4v) is 3.37. The number of aromatic nitrogens is 2. The molecular weight excluding hydrogens is 254 g/mol. The van der Waals surface area contributed by atoms with Gasteiger partial charge in [0.15, 0.2) is 5.82 Å². The molecule has 2 fully saturated rings. The lowest BCUT2D eigenvalue weighted by molar-refractivity contribution is 0.185. The summed E-state index contributed by atoms with van der Waals surface area (Å²) in [5.41, 5.74) is 5.96. The predicted molar refractivity (Wildman–Crippen MR) is 75.3 cm³/mol. The van der Waals surface area contributed by atoms with Gasteiger partial charge < -0.3 is 15.0 Å². The van der Waals surface area contributed by atoms with Gasteiger partial charge in [0.05, 0.1) is 5.41 Å². The lowest BCUT2D eigenvalue weighted by Crippen LogP contribution is -2.39. The molecule has 0 aromatic carbocycles. The summed E-state index contributed by atoms with van der Waals surface area (Å²) >= 11 is 0. The number of rotatable bonds is 4. The molecule has 0 radical (unpaired) electrons. The van der Waals surface area contributed by atoms with Crippen LogP contribution in [0, 0.1) is 11.8 Å². The molecule has 1 aromatic heterocycles. The fraction of sp³-hybridized carbons (Fsp3) is 0.867. The van der Waals surface area contributed by atoms with E-state index >= 15 is 0 Å². The molecule has 0 amide bonds. The van der Waals surface area contributed by atoms with Gasteiger partial charge in [0, 0.05) is 26.2 Å². The van der Waals surface area contributed by atoms with E-state index in [1.807, 2.05) is 0 Å². The third-order valence-corrected chi connectivity index (χ3v) is 5.04. The molecule has 20 heavy (non-hydrogen) atoms. The van der Waals surface area contributed by atoms with E-state index in [9.17, 15) is 0 Å². The predicted octanol–water partition coefficient (Wildman–Crippen LogP) is 2.06. The molecule has 2 N–H and O–H groups in total. The molecule has 1 aliphatic carbocycles. The second kappa shape index (κ2) is 5.82. The van der Waals surface area contributed by atoms with Crippen molar-refractivity contribution in [2.45, 2.75) is 50.9 Å². The molecule has 112 valence electrons. The molecule has 2 heterocycles. The highest BCUT2D eigenvalue weighted by molar-refractivity contribution is 5.08. The smallest absolute Gasteiger partial charge is 0.234 e. The maximum atomic E-state index is 6.04. The van der Waals surface area contributed by atoms with E-state index in [-0.39, 0.29) is 5.41 Å². The second-order valence-electron chi connectivity index (χ2n) is 6.62. The zero-order valence-corrected chi connectivity index (χ0v) is 12.3. The number of nitrogens with two attached hydrogens (primary N) is 1. The first kappa shape index (κ1) is 14.0. The van der Waals surface area contributed by atoms with Gasteiger partial charge in [-0.1, -0.05) is 12.1 Å². The molecule has 1 aromatic rings. The van der Waals surface area contributed by atoms with Crippen molar-refractivity contribution in [3.63, 3.8) is 0 Å². The number of hydrogen-bond acceptors (Lipinski definition) is 5. The summed E-state index contributed by atoms with van der Waals surface area (Å²) in [6.07, 6.45) is 6.50. The Labute approximate surface area is 120 Å². The van der Waals surface area contributed by atoms with Crippen LogP contribution in [-0.2, 0) is 16.6 Å². The highest BCUT2D eigenvalue weighted by atomic mass is 16.5. The molecule has 1 aliphatic heterocycles. The van der Waals surface area contributed by atoms with Gasteiger partial charge >= 0.3 is 0 Å². The van der Waals surface area contributed by atoms with Crippen LogP contribution in [0.5, 0.6) is 0 Å². The zero-order valence-electron chi connectivity index (χ0n) is 12.3. The minimum Gasteiger partial charge on any atom is -0.381 e. The van der Waals surface area contributed by atoms with Gasteiger partial charge in [0.1, 0.15) is 0 Å². The van der Waals surface area contributed by atoms with Crippen molar-refractivity contribution in [2.75, 3.05) is 19.8 Å². The zero-order chi connectivity index (χ0) is 14.0. The quantitative estimate of drug-likeness (QED) is 0.913. The SMILES string of the molecule is CC1CCC(CN)(c2nc(CC3CCOC3)no2)CC1. The van der Waals surface area contributed by atoms with Crippen molar-refractivity contribution in [3.8, 4) is 0 Å². The van der Waals surface area contributed by atoms with Crippen LogP contribution in [0.15, 0.2) is 4.52 Å². The van der Waals surface area contributed by atoms with Gasteiger partial charge in [-0.2, -0.15) is 4.98 Å². The van der Waals surface area contributed by atoms with Crippen LogP contribution in [0.1, 0.15) is 50.7 Å². The molecule has 1 unspecified atom stereocenters. The van der Waals surface area contributed by atoms with Crippen LogP contribution in [-0.4, -0.2) is 29.9 Å². The lowest BCUT2D eigenvalue weighted by Gasteiger charge is -2.35. The number of ether oxygens (including phenoxy) is 1. The summed E-state index contributed by atoms with van der Waals surface area (Å²) in [5, 5.41) is 4.17. The molecule has 1 atom stereocenters. The Hall–Kier alpha value is -0.940. The summed E-state index contributed by atoms with van der Waals surface area (Å²) in [4.78, 5) is 4.65. The molecule has 1 saturated heterocycles. The van der Waals surface area contributed by atoms with Crippen LogP contribution in [0.3, 0.4) is 0 Å². The summed E-state index contributed by atoms with van der Waals surface area (Å²) in [6.45, 7) is 4.59. The summed E-state index contributed by atoms with van der Waals surface area (Å²) in [7, 11) is 0. The summed E-state index contributed by atoms with van der Waals surface area (Å²) in [5.74, 6) is 2.91. The highest BCUT2D eigenvalue weighted by Gasteiger charge is 2.39. The van der Waals surface area contributed by atoms with E-state index < -0.39 is 0 Å². The van der Waals surface area contributed by atoms with Gasteiger partial charge in [0.2, 0.25) is 5.89 Å². The maximum Gasteiger partial charge on any atom is 0.234 e. The Kier molecular flexibility index (Phi) is 4.08. The lowest BCUT2D eigenvalue weighted by atomic mass is 9.71. The number of nitrogens with zero attached hydrogens (tertiary/aromatic N) is 2. The minimum atomic E-state index is -0.0794. The Bertz CT molecular complexity index is 432. The van der Waals surface area contributed by atoms with Crippen molar-refractivity contribution in [1.29, 1.82) is 0 Å². The van der Waals surface area contributed by atoms with E-state index in [0.29, 0.717) is 12.5 Å². The molecule has 5 heteroatoms. The van der Waals surface area contributed by atoms with Gasteiger partial charge in [-0.25, -0.2) is 0 Å². The van der Waals surface area contributed by atoms with E-state index in [0.717, 1.165) is 56.5 Å². The second-order valence-corrected chi connectivity index (χ2v) is 6.62. The summed E-state index contributed by atoms with van der Waals surface area (Å²) < 4.78 is 11.0. The Morgan fingerprint density at radius 2 is 2.10 bits per heavy atom. The Balaban J connectivity index is 1.70. The van der Waals surface area contributed by atoms with Crippen molar-refractivity contribution in [2.24, 2.45) is 17.6 Å². The van der Waals surface area contributed by atoms with Crippen molar-refractivity contribution < 1.29 is 9.26 Å². The fourth-order valence-electron chi connectivity index (χ4n) is 3.37. The van der Waals surface area contributed by atoms with Crippen LogP contribution in [0.25, 0.3) is 0 Å².